The summed E-state index contributed by atoms with van der Waals surface area (Å²) in [6, 6.07) is 3.47. The summed E-state index contributed by atoms with van der Waals surface area (Å²) in [6.07, 6.45) is -1.64. The number of ketones is 1. The molecule has 1 aliphatic heterocycles. The largest absolute Gasteiger partial charge is 0.490 e. The molecule has 0 aromatic heterocycles. The van der Waals surface area contributed by atoms with Crippen LogP contribution in [-0.4, -0.2) is 12.4 Å². The van der Waals surface area contributed by atoms with Crippen molar-refractivity contribution in [3.05, 3.63) is 45.6 Å². The summed E-state index contributed by atoms with van der Waals surface area (Å²) in [5.74, 6) is -0.724. The van der Waals surface area contributed by atoms with E-state index in [1.165, 1.54) is 12.1 Å². The second kappa shape index (κ2) is 5.36. The molecule has 6 heteroatoms. The molecule has 0 unspecified atom stereocenters. The molecular weight excluding hydrogens is 325 g/mol. The van der Waals surface area contributed by atoms with E-state index in [1.54, 1.807) is 0 Å². The Balaban J connectivity index is 2.44. The molecule has 0 bridgehead atoms. The van der Waals surface area contributed by atoms with Crippen molar-refractivity contribution in [2.45, 2.75) is 19.0 Å². The fourth-order valence-electron chi connectivity index (χ4n) is 1.80. The Morgan fingerprint density at radius 2 is 2.05 bits per heavy atom. The summed E-state index contributed by atoms with van der Waals surface area (Å²) in [4.78, 5) is 12.1. The fraction of sp³-hybridized carbons (Fsp3) is 0.308. The van der Waals surface area contributed by atoms with E-state index in [0.717, 1.165) is 18.6 Å². The fourth-order valence-corrected chi connectivity index (χ4v) is 2.16. The third-order valence-corrected chi connectivity index (χ3v) is 3.18. The zero-order valence-corrected chi connectivity index (χ0v) is 11.3. The van der Waals surface area contributed by atoms with Gasteiger partial charge in [-0.15, -0.1) is 0 Å². The van der Waals surface area contributed by atoms with Crippen LogP contribution in [0.4, 0.5) is 13.2 Å². The number of halogens is 4. The Morgan fingerprint density at radius 1 is 1.32 bits per heavy atom. The minimum Gasteiger partial charge on any atom is -0.490 e. The van der Waals surface area contributed by atoms with Gasteiger partial charge in [-0.05, 0) is 37.1 Å². The van der Waals surface area contributed by atoms with Crippen LogP contribution in [0.25, 0.3) is 0 Å². The maximum Gasteiger partial charge on any atom is 0.417 e. The van der Waals surface area contributed by atoms with Gasteiger partial charge in [-0.3, -0.25) is 4.79 Å². The standard InChI is InChI=1S/C13H10BrF3O2/c14-8-4-5-9(10(7-8)13(15,16)17)12(18)11-3-1-2-6-19-11/h3-5,7H,1-2,6H2. The molecule has 0 N–H and O–H groups in total. The van der Waals surface area contributed by atoms with E-state index in [2.05, 4.69) is 15.9 Å². The van der Waals surface area contributed by atoms with E-state index < -0.39 is 17.5 Å². The number of carbonyl (C=O) groups is 1. The molecule has 0 spiro atoms. The Morgan fingerprint density at radius 3 is 2.63 bits per heavy atom. The number of rotatable bonds is 2. The number of hydrogen-bond donors (Lipinski definition) is 0. The van der Waals surface area contributed by atoms with Crippen molar-refractivity contribution >= 4 is 21.7 Å². The SMILES string of the molecule is O=C(C1=CCCCO1)c1ccc(Br)cc1C(F)(F)F. The smallest absolute Gasteiger partial charge is 0.417 e. The van der Waals surface area contributed by atoms with Crippen LogP contribution in [0, 0.1) is 0 Å². The van der Waals surface area contributed by atoms with Gasteiger partial charge in [0.1, 0.15) is 0 Å². The van der Waals surface area contributed by atoms with Gasteiger partial charge in [0.05, 0.1) is 12.2 Å². The normalized spacial score (nSPS) is 15.7. The quantitative estimate of drug-likeness (QED) is 0.752. The van der Waals surface area contributed by atoms with Gasteiger partial charge in [-0.2, -0.15) is 13.2 Å². The van der Waals surface area contributed by atoms with E-state index in [9.17, 15) is 18.0 Å². The highest BCUT2D eigenvalue weighted by Gasteiger charge is 2.36. The van der Waals surface area contributed by atoms with Gasteiger partial charge in [-0.25, -0.2) is 0 Å². The average Bonchev–Trinajstić information content (AvgIpc) is 2.38. The van der Waals surface area contributed by atoms with Crippen LogP contribution in [0.5, 0.6) is 0 Å². The lowest BCUT2D eigenvalue weighted by molar-refractivity contribution is -0.137. The maximum atomic E-state index is 12.9. The van der Waals surface area contributed by atoms with Crippen molar-refractivity contribution in [3.63, 3.8) is 0 Å². The van der Waals surface area contributed by atoms with Crippen LogP contribution in [-0.2, 0) is 10.9 Å². The molecule has 2 nitrogen and oxygen atoms in total. The highest BCUT2D eigenvalue weighted by atomic mass is 79.9. The van der Waals surface area contributed by atoms with Crippen LogP contribution < -0.4 is 0 Å². The van der Waals surface area contributed by atoms with E-state index in [1.807, 2.05) is 0 Å². The molecule has 1 heterocycles. The lowest BCUT2D eigenvalue weighted by Gasteiger charge is -2.17. The van der Waals surface area contributed by atoms with Crippen molar-refractivity contribution in [2.75, 3.05) is 6.61 Å². The summed E-state index contributed by atoms with van der Waals surface area (Å²) in [6.45, 7) is 0.357. The number of ether oxygens (including phenoxy) is 1. The summed E-state index contributed by atoms with van der Waals surface area (Å²) in [5, 5.41) is 0. The van der Waals surface area contributed by atoms with Crippen LogP contribution in [0.15, 0.2) is 34.5 Å². The first-order chi connectivity index (χ1) is 8.89. The Labute approximate surface area is 116 Å². The first-order valence-corrected chi connectivity index (χ1v) is 6.43. The first kappa shape index (κ1) is 14.1. The summed E-state index contributed by atoms with van der Waals surface area (Å²) in [5.41, 5.74) is -1.34. The molecule has 1 aromatic carbocycles. The second-order valence-corrected chi connectivity index (χ2v) is 4.99. The molecule has 0 saturated carbocycles. The molecule has 0 saturated heterocycles. The molecule has 0 radical (unpaired) electrons. The molecule has 1 aromatic rings. The Hall–Kier alpha value is -1.30. The van der Waals surface area contributed by atoms with Crippen LogP contribution in [0.1, 0.15) is 28.8 Å². The molecule has 0 amide bonds. The lowest BCUT2D eigenvalue weighted by atomic mass is 10.0. The monoisotopic (exact) mass is 334 g/mol. The summed E-state index contributed by atoms with van der Waals surface area (Å²) >= 11 is 2.98. The molecule has 102 valence electrons. The Bertz CT molecular complexity index is 535. The highest BCUT2D eigenvalue weighted by Crippen LogP contribution is 2.35. The molecule has 2 rings (SSSR count). The lowest BCUT2D eigenvalue weighted by Crippen LogP contribution is -2.17. The third-order valence-electron chi connectivity index (χ3n) is 2.69. The Kier molecular flexibility index (Phi) is 3.99. The van der Waals surface area contributed by atoms with Gasteiger partial charge in [0.2, 0.25) is 5.78 Å². The zero-order chi connectivity index (χ0) is 14.0. The number of hydrogen-bond acceptors (Lipinski definition) is 2. The molecular formula is C13H10BrF3O2. The van der Waals surface area contributed by atoms with E-state index in [0.29, 0.717) is 13.0 Å². The number of benzene rings is 1. The van der Waals surface area contributed by atoms with Crippen molar-refractivity contribution in [1.29, 1.82) is 0 Å². The van der Waals surface area contributed by atoms with E-state index >= 15 is 0 Å². The first-order valence-electron chi connectivity index (χ1n) is 5.64. The molecule has 19 heavy (non-hydrogen) atoms. The number of Topliss-reactive ketones (excluding diaryl/α,β-unsaturated/α-hetero) is 1. The van der Waals surface area contributed by atoms with Gasteiger partial charge in [0, 0.05) is 10.0 Å². The molecule has 0 fully saturated rings. The number of allylic oxidation sites excluding steroid dienone is 2. The zero-order valence-electron chi connectivity index (χ0n) is 9.76. The van der Waals surface area contributed by atoms with E-state index in [-0.39, 0.29) is 15.8 Å². The van der Waals surface area contributed by atoms with Gasteiger partial charge in [-0.1, -0.05) is 15.9 Å². The van der Waals surface area contributed by atoms with Gasteiger partial charge >= 0.3 is 6.18 Å². The molecule has 0 atom stereocenters. The molecule has 0 aliphatic carbocycles. The topological polar surface area (TPSA) is 26.3 Å². The predicted molar refractivity (Wildman–Crippen MR) is 66.7 cm³/mol. The van der Waals surface area contributed by atoms with Crippen LogP contribution >= 0.6 is 15.9 Å². The summed E-state index contributed by atoms with van der Waals surface area (Å²) in [7, 11) is 0. The molecule has 1 aliphatic rings. The average molecular weight is 335 g/mol. The maximum absolute atomic E-state index is 12.9. The van der Waals surface area contributed by atoms with Gasteiger partial charge < -0.3 is 4.74 Å². The van der Waals surface area contributed by atoms with Crippen molar-refractivity contribution in [1.82, 2.24) is 0 Å². The van der Waals surface area contributed by atoms with Crippen LogP contribution in [0.2, 0.25) is 0 Å². The van der Waals surface area contributed by atoms with Crippen molar-refractivity contribution in [3.8, 4) is 0 Å². The predicted octanol–water partition coefficient (Wildman–Crippen LogP) is 4.34. The van der Waals surface area contributed by atoms with Crippen molar-refractivity contribution in [2.24, 2.45) is 0 Å². The number of alkyl halides is 3. The third kappa shape index (κ3) is 3.18. The van der Waals surface area contributed by atoms with Crippen molar-refractivity contribution < 1.29 is 22.7 Å². The van der Waals surface area contributed by atoms with E-state index in [4.69, 9.17) is 4.74 Å². The minimum absolute atomic E-state index is 0.000859. The summed E-state index contributed by atoms with van der Waals surface area (Å²) < 4.78 is 44.2. The number of carbonyl (C=O) groups excluding carboxylic acids is 1. The minimum atomic E-state index is -4.58. The van der Waals surface area contributed by atoms with Gasteiger partial charge in [0.15, 0.2) is 5.76 Å². The second-order valence-electron chi connectivity index (χ2n) is 4.08. The highest BCUT2D eigenvalue weighted by molar-refractivity contribution is 9.10. The van der Waals surface area contributed by atoms with Gasteiger partial charge in [0.25, 0.3) is 0 Å². The van der Waals surface area contributed by atoms with Crippen LogP contribution in [0.3, 0.4) is 0 Å².